The minimum atomic E-state index is -0.515. The standard InChI is InChI=1S/C13H22O3/c1-11(2)7-5-8-13(4,9-6-10-14)16-12(3)15/h7,10H,5-6,8-9H2,1-4H3. The van der Waals surface area contributed by atoms with Gasteiger partial charge < -0.3 is 9.53 Å². The highest BCUT2D eigenvalue weighted by atomic mass is 16.6. The van der Waals surface area contributed by atoms with Crippen LogP contribution in [0.3, 0.4) is 0 Å². The fourth-order valence-corrected chi connectivity index (χ4v) is 1.60. The van der Waals surface area contributed by atoms with E-state index in [0.29, 0.717) is 12.8 Å². The first-order chi connectivity index (χ1) is 7.39. The predicted molar refractivity (Wildman–Crippen MR) is 64.1 cm³/mol. The first-order valence-electron chi connectivity index (χ1n) is 5.66. The van der Waals surface area contributed by atoms with Crippen LogP contribution in [0.5, 0.6) is 0 Å². The Morgan fingerprint density at radius 2 is 1.75 bits per heavy atom. The van der Waals surface area contributed by atoms with Gasteiger partial charge in [0.15, 0.2) is 0 Å². The summed E-state index contributed by atoms with van der Waals surface area (Å²) in [6.07, 6.45) is 5.62. The van der Waals surface area contributed by atoms with Crippen molar-refractivity contribution in [1.29, 1.82) is 0 Å². The maximum absolute atomic E-state index is 11.0. The van der Waals surface area contributed by atoms with E-state index in [-0.39, 0.29) is 5.97 Å². The number of rotatable bonds is 7. The fraction of sp³-hybridized carbons (Fsp3) is 0.692. The van der Waals surface area contributed by atoms with E-state index in [0.717, 1.165) is 19.1 Å². The van der Waals surface area contributed by atoms with E-state index in [4.69, 9.17) is 4.74 Å². The van der Waals surface area contributed by atoms with Gasteiger partial charge >= 0.3 is 5.97 Å². The van der Waals surface area contributed by atoms with Crippen molar-refractivity contribution >= 4 is 12.3 Å². The lowest BCUT2D eigenvalue weighted by Gasteiger charge is -2.28. The van der Waals surface area contributed by atoms with Gasteiger partial charge in [-0.15, -0.1) is 0 Å². The second-order valence-corrected chi connectivity index (χ2v) is 4.57. The first kappa shape index (κ1) is 14.9. The Hall–Kier alpha value is -1.12. The molecule has 0 aliphatic carbocycles. The third kappa shape index (κ3) is 7.21. The third-order valence-electron chi connectivity index (χ3n) is 2.41. The van der Waals surface area contributed by atoms with E-state index >= 15 is 0 Å². The van der Waals surface area contributed by atoms with Crippen molar-refractivity contribution in [2.24, 2.45) is 0 Å². The molecule has 0 bridgehead atoms. The summed E-state index contributed by atoms with van der Waals surface area (Å²) in [7, 11) is 0. The molecule has 0 aliphatic rings. The zero-order chi connectivity index (χ0) is 12.6. The van der Waals surface area contributed by atoms with Crippen LogP contribution in [0, 0.1) is 0 Å². The van der Waals surface area contributed by atoms with Gasteiger partial charge in [-0.05, 0) is 40.0 Å². The van der Waals surface area contributed by atoms with Crippen LogP contribution in [0.4, 0.5) is 0 Å². The second-order valence-electron chi connectivity index (χ2n) is 4.57. The van der Waals surface area contributed by atoms with E-state index in [1.165, 1.54) is 12.5 Å². The average Bonchev–Trinajstić information content (AvgIpc) is 2.13. The van der Waals surface area contributed by atoms with Gasteiger partial charge in [-0.1, -0.05) is 11.6 Å². The molecule has 16 heavy (non-hydrogen) atoms. The lowest BCUT2D eigenvalue weighted by atomic mass is 9.94. The predicted octanol–water partition coefficient (Wildman–Crippen LogP) is 3.03. The molecule has 0 aromatic carbocycles. The molecule has 0 aromatic rings. The lowest BCUT2D eigenvalue weighted by molar-refractivity contribution is -0.157. The number of ether oxygens (including phenoxy) is 1. The van der Waals surface area contributed by atoms with Crippen LogP contribution in [0.15, 0.2) is 11.6 Å². The van der Waals surface area contributed by atoms with Gasteiger partial charge in [-0.25, -0.2) is 0 Å². The molecule has 0 aromatic heterocycles. The molecule has 0 rings (SSSR count). The number of aldehydes is 1. The highest BCUT2D eigenvalue weighted by molar-refractivity contribution is 5.66. The van der Waals surface area contributed by atoms with E-state index in [1.807, 2.05) is 20.8 Å². The first-order valence-corrected chi connectivity index (χ1v) is 5.66. The van der Waals surface area contributed by atoms with Gasteiger partial charge in [0.05, 0.1) is 0 Å². The Morgan fingerprint density at radius 1 is 1.19 bits per heavy atom. The quantitative estimate of drug-likeness (QED) is 0.381. The summed E-state index contributed by atoms with van der Waals surface area (Å²) in [6.45, 7) is 7.36. The molecule has 0 fully saturated rings. The molecule has 0 saturated heterocycles. The summed E-state index contributed by atoms with van der Waals surface area (Å²) in [5.74, 6) is -0.286. The third-order valence-corrected chi connectivity index (χ3v) is 2.41. The summed E-state index contributed by atoms with van der Waals surface area (Å²) in [4.78, 5) is 21.4. The van der Waals surface area contributed by atoms with E-state index < -0.39 is 5.60 Å². The highest BCUT2D eigenvalue weighted by Crippen LogP contribution is 2.24. The fourth-order valence-electron chi connectivity index (χ4n) is 1.60. The molecule has 1 atom stereocenters. The van der Waals surface area contributed by atoms with Crippen LogP contribution in [0.1, 0.15) is 53.4 Å². The van der Waals surface area contributed by atoms with E-state index in [1.54, 1.807) is 0 Å². The van der Waals surface area contributed by atoms with Crippen molar-refractivity contribution < 1.29 is 14.3 Å². The second kappa shape index (κ2) is 7.20. The van der Waals surface area contributed by atoms with Crippen LogP contribution < -0.4 is 0 Å². The molecule has 0 heterocycles. The Labute approximate surface area is 97.9 Å². The molecule has 1 unspecified atom stereocenters. The molecule has 0 N–H and O–H groups in total. The molecule has 3 heteroatoms. The number of hydrogen-bond donors (Lipinski definition) is 0. The minimum Gasteiger partial charge on any atom is -0.460 e. The Kier molecular flexibility index (Phi) is 6.70. The monoisotopic (exact) mass is 226 g/mol. The SMILES string of the molecule is CC(=O)OC(C)(CCC=O)CCC=C(C)C. The summed E-state index contributed by atoms with van der Waals surface area (Å²) >= 11 is 0. The number of hydrogen-bond acceptors (Lipinski definition) is 3. The summed E-state index contributed by atoms with van der Waals surface area (Å²) in [6, 6.07) is 0. The molecule has 0 spiro atoms. The Balaban J connectivity index is 4.33. The van der Waals surface area contributed by atoms with Gasteiger partial charge in [0.1, 0.15) is 11.9 Å². The van der Waals surface area contributed by atoms with Crippen molar-refractivity contribution in [2.45, 2.75) is 59.0 Å². The van der Waals surface area contributed by atoms with E-state index in [2.05, 4.69) is 6.08 Å². The van der Waals surface area contributed by atoms with Crippen molar-refractivity contribution in [2.75, 3.05) is 0 Å². The molecule has 0 radical (unpaired) electrons. The van der Waals surface area contributed by atoms with Crippen LogP contribution in [0.25, 0.3) is 0 Å². The molecule has 0 aliphatic heterocycles. The number of carbonyl (C=O) groups is 2. The van der Waals surface area contributed by atoms with Crippen LogP contribution in [-0.4, -0.2) is 17.9 Å². The van der Waals surface area contributed by atoms with Crippen LogP contribution in [0.2, 0.25) is 0 Å². The zero-order valence-corrected chi connectivity index (χ0v) is 10.7. The maximum Gasteiger partial charge on any atom is 0.303 e. The van der Waals surface area contributed by atoms with Crippen molar-refractivity contribution in [1.82, 2.24) is 0 Å². The molecule has 0 amide bonds. The van der Waals surface area contributed by atoms with E-state index in [9.17, 15) is 9.59 Å². The largest absolute Gasteiger partial charge is 0.460 e. The topological polar surface area (TPSA) is 43.4 Å². The number of carbonyl (C=O) groups excluding carboxylic acids is 2. The normalized spacial score (nSPS) is 13.8. The Bertz CT molecular complexity index is 264. The van der Waals surface area contributed by atoms with Gasteiger partial charge in [-0.3, -0.25) is 4.79 Å². The number of allylic oxidation sites excluding steroid dienone is 2. The van der Waals surface area contributed by atoms with Gasteiger partial charge in [0.25, 0.3) is 0 Å². The molecule has 0 saturated carbocycles. The summed E-state index contributed by atoms with van der Waals surface area (Å²) < 4.78 is 5.29. The highest BCUT2D eigenvalue weighted by Gasteiger charge is 2.26. The lowest BCUT2D eigenvalue weighted by Crippen LogP contribution is -2.30. The van der Waals surface area contributed by atoms with Gasteiger partial charge in [0, 0.05) is 13.3 Å². The average molecular weight is 226 g/mol. The zero-order valence-electron chi connectivity index (χ0n) is 10.7. The summed E-state index contributed by atoms with van der Waals surface area (Å²) in [5.41, 5.74) is 0.735. The smallest absolute Gasteiger partial charge is 0.303 e. The summed E-state index contributed by atoms with van der Waals surface area (Å²) in [5, 5.41) is 0. The van der Waals surface area contributed by atoms with Crippen LogP contribution >= 0.6 is 0 Å². The van der Waals surface area contributed by atoms with Crippen molar-refractivity contribution in [3.63, 3.8) is 0 Å². The van der Waals surface area contributed by atoms with Crippen molar-refractivity contribution in [3.05, 3.63) is 11.6 Å². The maximum atomic E-state index is 11.0. The van der Waals surface area contributed by atoms with Crippen molar-refractivity contribution in [3.8, 4) is 0 Å². The van der Waals surface area contributed by atoms with Gasteiger partial charge in [-0.2, -0.15) is 0 Å². The molecule has 3 nitrogen and oxygen atoms in total. The Morgan fingerprint density at radius 3 is 2.19 bits per heavy atom. The van der Waals surface area contributed by atoms with Gasteiger partial charge in [0.2, 0.25) is 0 Å². The minimum absolute atomic E-state index is 0.286. The molecule has 92 valence electrons. The molecular formula is C13H22O3. The van der Waals surface area contributed by atoms with Crippen LogP contribution in [-0.2, 0) is 14.3 Å². The molecular weight excluding hydrogens is 204 g/mol. The number of esters is 1.